The van der Waals surface area contributed by atoms with Gasteiger partial charge in [-0.15, -0.1) is 0 Å². The van der Waals surface area contributed by atoms with E-state index in [0.29, 0.717) is 31.9 Å². The van der Waals surface area contributed by atoms with Crippen molar-refractivity contribution in [1.82, 2.24) is 19.5 Å². The van der Waals surface area contributed by atoms with E-state index in [9.17, 15) is 13.2 Å². The Bertz CT molecular complexity index is 1260. The highest BCUT2D eigenvalue weighted by Crippen LogP contribution is 2.20. The van der Waals surface area contributed by atoms with Crippen molar-refractivity contribution in [1.29, 1.82) is 0 Å². The maximum absolute atomic E-state index is 13.3. The SMILES string of the molecule is COc1ccc(S(=O)(=O)N[C@H](C(=O)N2CCN(Cc3cccc4cccnc34)CC2)C(C)C)cc1. The van der Waals surface area contributed by atoms with E-state index in [2.05, 4.69) is 32.8 Å². The van der Waals surface area contributed by atoms with Crippen molar-refractivity contribution in [2.24, 2.45) is 5.92 Å². The molecular formula is C26H32N4O4S. The van der Waals surface area contributed by atoms with Crippen LogP contribution >= 0.6 is 0 Å². The van der Waals surface area contributed by atoms with E-state index in [1.54, 1.807) is 17.0 Å². The van der Waals surface area contributed by atoms with E-state index in [-0.39, 0.29) is 16.7 Å². The third kappa shape index (κ3) is 5.80. The number of aromatic nitrogens is 1. The first-order valence-electron chi connectivity index (χ1n) is 11.8. The number of nitrogens with zero attached hydrogens (tertiary/aromatic N) is 3. The number of para-hydroxylation sites is 1. The van der Waals surface area contributed by atoms with Crippen molar-refractivity contribution in [3.8, 4) is 5.75 Å². The normalized spacial score (nSPS) is 15.9. The minimum atomic E-state index is -3.86. The predicted octanol–water partition coefficient (Wildman–Crippen LogP) is 2.89. The summed E-state index contributed by atoms with van der Waals surface area (Å²) in [6, 6.07) is 15.5. The lowest BCUT2D eigenvalue weighted by atomic mass is 10.0. The number of nitrogens with one attached hydrogen (secondary N) is 1. The number of fused-ring (bicyclic) bond motifs is 1. The summed E-state index contributed by atoms with van der Waals surface area (Å²) in [7, 11) is -2.33. The van der Waals surface area contributed by atoms with Gasteiger partial charge in [-0.05, 0) is 41.8 Å². The number of methoxy groups -OCH3 is 1. The van der Waals surface area contributed by atoms with Crippen LogP contribution in [0.25, 0.3) is 10.9 Å². The maximum atomic E-state index is 13.3. The van der Waals surface area contributed by atoms with Gasteiger partial charge in [-0.1, -0.05) is 38.1 Å². The van der Waals surface area contributed by atoms with Gasteiger partial charge in [0.15, 0.2) is 0 Å². The molecule has 4 rings (SSSR count). The number of piperazine rings is 1. The van der Waals surface area contributed by atoms with Crippen LogP contribution in [-0.2, 0) is 21.4 Å². The van der Waals surface area contributed by atoms with Crippen molar-refractivity contribution in [2.75, 3.05) is 33.3 Å². The first-order chi connectivity index (χ1) is 16.8. The zero-order valence-corrected chi connectivity index (χ0v) is 21.2. The van der Waals surface area contributed by atoms with Crippen LogP contribution in [0.15, 0.2) is 65.7 Å². The molecule has 1 fully saturated rings. The van der Waals surface area contributed by atoms with E-state index in [1.165, 1.54) is 19.2 Å². The summed E-state index contributed by atoms with van der Waals surface area (Å²) in [4.78, 5) is 22.0. The summed E-state index contributed by atoms with van der Waals surface area (Å²) >= 11 is 0. The molecule has 1 aromatic heterocycles. The van der Waals surface area contributed by atoms with Crippen LogP contribution in [-0.4, -0.2) is 68.4 Å². The van der Waals surface area contributed by atoms with Crippen molar-refractivity contribution in [3.05, 3.63) is 66.4 Å². The van der Waals surface area contributed by atoms with Crippen molar-refractivity contribution < 1.29 is 17.9 Å². The van der Waals surface area contributed by atoms with E-state index in [4.69, 9.17) is 4.74 Å². The summed E-state index contributed by atoms with van der Waals surface area (Å²) in [6.45, 7) is 6.98. The lowest BCUT2D eigenvalue weighted by Gasteiger charge is -2.37. The Labute approximate surface area is 207 Å². The monoisotopic (exact) mass is 496 g/mol. The number of sulfonamides is 1. The molecule has 2 aromatic carbocycles. The second-order valence-corrected chi connectivity index (χ2v) is 10.8. The second kappa shape index (κ2) is 10.7. The van der Waals surface area contributed by atoms with Crippen LogP contribution < -0.4 is 9.46 Å². The maximum Gasteiger partial charge on any atom is 0.241 e. The minimum absolute atomic E-state index is 0.102. The van der Waals surface area contributed by atoms with E-state index < -0.39 is 16.1 Å². The molecule has 1 aliphatic rings. The Hall–Kier alpha value is -3.01. The number of hydrogen-bond donors (Lipinski definition) is 1. The van der Waals surface area contributed by atoms with Gasteiger partial charge in [0.2, 0.25) is 15.9 Å². The zero-order chi connectivity index (χ0) is 25.0. The molecule has 0 spiro atoms. The average Bonchev–Trinajstić information content (AvgIpc) is 2.87. The molecule has 0 unspecified atom stereocenters. The average molecular weight is 497 g/mol. The standard InChI is InChI=1S/C26H32N4O4S/c1-19(2)24(28-35(32,33)23-11-9-22(34-3)10-12-23)26(31)30-16-14-29(15-17-30)18-21-7-4-6-20-8-5-13-27-25(20)21/h4-13,19,24,28H,14-18H2,1-3H3/t24-/m0/s1. The molecule has 186 valence electrons. The van der Waals surface area contributed by atoms with Crippen LogP contribution in [0.3, 0.4) is 0 Å². The van der Waals surface area contributed by atoms with E-state index in [1.807, 2.05) is 32.2 Å². The molecule has 0 bridgehead atoms. The Morgan fingerprint density at radius 1 is 1.03 bits per heavy atom. The van der Waals surface area contributed by atoms with Crippen LogP contribution in [0, 0.1) is 5.92 Å². The molecule has 2 heterocycles. The molecule has 1 saturated heterocycles. The first kappa shape index (κ1) is 25.1. The molecular weight excluding hydrogens is 464 g/mol. The highest BCUT2D eigenvalue weighted by Gasteiger charge is 2.33. The number of hydrogen-bond acceptors (Lipinski definition) is 6. The van der Waals surface area contributed by atoms with Gasteiger partial charge >= 0.3 is 0 Å². The number of ether oxygens (including phenoxy) is 1. The van der Waals surface area contributed by atoms with Gasteiger partial charge in [-0.25, -0.2) is 8.42 Å². The molecule has 1 N–H and O–H groups in total. The summed E-state index contributed by atoms with van der Waals surface area (Å²) < 4.78 is 33.7. The molecule has 3 aromatic rings. The number of pyridine rings is 1. The molecule has 1 aliphatic heterocycles. The third-order valence-electron chi connectivity index (χ3n) is 6.38. The summed E-state index contributed by atoms with van der Waals surface area (Å²) in [5.74, 6) is 0.177. The number of amides is 1. The fourth-order valence-corrected chi connectivity index (χ4v) is 5.66. The van der Waals surface area contributed by atoms with Crippen LogP contribution in [0.4, 0.5) is 0 Å². The Morgan fingerprint density at radius 2 is 1.71 bits per heavy atom. The van der Waals surface area contributed by atoms with Gasteiger partial charge in [0.25, 0.3) is 0 Å². The Balaban J connectivity index is 1.40. The Kier molecular flexibility index (Phi) is 7.69. The fourth-order valence-electron chi connectivity index (χ4n) is 4.32. The van der Waals surface area contributed by atoms with E-state index in [0.717, 1.165) is 23.0 Å². The molecule has 0 aliphatic carbocycles. The van der Waals surface area contributed by atoms with Gasteiger partial charge < -0.3 is 9.64 Å². The topological polar surface area (TPSA) is 91.8 Å². The minimum Gasteiger partial charge on any atom is -0.497 e. The summed E-state index contributed by atoms with van der Waals surface area (Å²) in [5, 5.41) is 1.11. The quantitative estimate of drug-likeness (QED) is 0.516. The van der Waals surface area contributed by atoms with E-state index >= 15 is 0 Å². The summed E-state index contributed by atoms with van der Waals surface area (Å²) in [6.07, 6.45) is 1.81. The first-order valence-corrected chi connectivity index (χ1v) is 13.3. The lowest BCUT2D eigenvalue weighted by molar-refractivity contribution is -0.135. The summed E-state index contributed by atoms with van der Waals surface area (Å²) in [5.41, 5.74) is 2.16. The number of carbonyl (C=O) groups excluding carboxylic acids is 1. The van der Waals surface area contributed by atoms with Gasteiger partial charge in [0.05, 0.1) is 17.5 Å². The highest BCUT2D eigenvalue weighted by atomic mass is 32.2. The van der Waals surface area contributed by atoms with Gasteiger partial charge in [-0.3, -0.25) is 14.7 Å². The fraction of sp³-hybridized carbons (Fsp3) is 0.385. The largest absolute Gasteiger partial charge is 0.497 e. The van der Waals surface area contributed by atoms with Crippen LogP contribution in [0.1, 0.15) is 19.4 Å². The number of carbonyl (C=O) groups is 1. The third-order valence-corrected chi connectivity index (χ3v) is 7.84. The molecule has 8 nitrogen and oxygen atoms in total. The van der Waals surface area contributed by atoms with Gasteiger partial charge in [0.1, 0.15) is 11.8 Å². The van der Waals surface area contributed by atoms with Crippen LogP contribution in [0.2, 0.25) is 0 Å². The van der Waals surface area contributed by atoms with Crippen molar-refractivity contribution in [2.45, 2.75) is 31.3 Å². The van der Waals surface area contributed by atoms with Gasteiger partial charge in [-0.2, -0.15) is 4.72 Å². The highest BCUT2D eigenvalue weighted by molar-refractivity contribution is 7.89. The smallest absolute Gasteiger partial charge is 0.241 e. The number of benzene rings is 2. The van der Waals surface area contributed by atoms with Gasteiger partial charge in [0, 0.05) is 44.3 Å². The Morgan fingerprint density at radius 3 is 2.37 bits per heavy atom. The molecule has 0 saturated carbocycles. The molecule has 1 atom stereocenters. The molecule has 0 radical (unpaired) electrons. The van der Waals surface area contributed by atoms with Crippen molar-refractivity contribution in [3.63, 3.8) is 0 Å². The van der Waals surface area contributed by atoms with Crippen LogP contribution in [0.5, 0.6) is 5.75 Å². The molecule has 35 heavy (non-hydrogen) atoms. The zero-order valence-electron chi connectivity index (χ0n) is 20.3. The molecule has 1 amide bonds. The predicted molar refractivity (Wildman–Crippen MR) is 136 cm³/mol. The van der Waals surface area contributed by atoms with Crippen molar-refractivity contribution >= 4 is 26.8 Å². The number of rotatable bonds is 8. The lowest BCUT2D eigenvalue weighted by Crippen LogP contribution is -2.56. The second-order valence-electron chi connectivity index (χ2n) is 9.11. The molecule has 9 heteroatoms.